The van der Waals surface area contributed by atoms with E-state index in [1.165, 1.54) is 17.2 Å². The fourth-order valence-corrected chi connectivity index (χ4v) is 5.70. The maximum atomic E-state index is 13.1. The summed E-state index contributed by atoms with van der Waals surface area (Å²) in [6.07, 6.45) is 4.56. The number of amides is 1. The Hall–Kier alpha value is -2.18. The van der Waals surface area contributed by atoms with Crippen LogP contribution in [0.3, 0.4) is 0 Å². The predicted molar refractivity (Wildman–Crippen MR) is 125 cm³/mol. The van der Waals surface area contributed by atoms with Crippen LogP contribution in [0.15, 0.2) is 47.4 Å². The number of benzene rings is 2. The van der Waals surface area contributed by atoms with Crippen LogP contribution < -0.4 is 5.32 Å². The van der Waals surface area contributed by atoms with Crippen molar-refractivity contribution in [3.05, 3.63) is 64.7 Å². The number of carbonyl (C=O) groups excluding carboxylic acids is 1. The van der Waals surface area contributed by atoms with Crippen molar-refractivity contribution in [1.29, 1.82) is 0 Å². The molecule has 1 aliphatic heterocycles. The van der Waals surface area contributed by atoms with Crippen LogP contribution in [0, 0.1) is 6.92 Å². The lowest BCUT2D eigenvalue weighted by Crippen LogP contribution is -2.36. The number of nitrogens with one attached hydrogen (secondary N) is 1. The van der Waals surface area contributed by atoms with Gasteiger partial charge in [0.25, 0.3) is 5.91 Å². The van der Waals surface area contributed by atoms with Crippen LogP contribution in [0.25, 0.3) is 0 Å². The minimum Gasteiger partial charge on any atom is -0.352 e. The Bertz CT molecular complexity index is 992. The minimum atomic E-state index is -3.57. The molecule has 0 atom stereocenters. The standard InChI is InChI=1S/C25H34N2O3S/c1-19(2)22-13-10-21(11-14-22)8-7-15-26-25(28)23-12-9-20(3)24(18-23)31(29,30)27-16-5-4-6-17-27/h9-14,18-19H,4-8,15-17H2,1-3H3,(H,26,28). The van der Waals surface area contributed by atoms with Crippen molar-refractivity contribution < 1.29 is 13.2 Å². The number of aryl methyl sites for hydroxylation is 2. The summed E-state index contributed by atoms with van der Waals surface area (Å²) < 4.78 is 27.7. The molecule has 0 aromatic heterocycles. The van der Waals surface area contributed by atoms with Gasteiger partial charge in [-0.3, -0.25) is 4.79 Å². The monoisotopic (exact) mass is 442 g/mol. The molecule has 3 rings (SSSR count). The molecule has 1 N–H and O–H groups in total. The molecule has 0 radical (unpaired) electrons. The highest BCUT2D eigenvalue weighted by atomic mass is 32.2. The molecule has 1 fully saturated rings. The summed E-state index contributed by atoms with van der Waals surface area (Å²) in [6, 6.07) is 13.6. The van der Waals surface area contributed by atoms with Crippen molar-refractivity contribution in [3.8, 4) is 0 Å². The van der Waals surface area contributed by atoms with Crippen LogP contribution >= 0.6 is 0 Å². The summed E-state index contributed by atoms with van der Waals surface area (Å²) in [7, 11) is -3.57. The number of hydrogen-bond acceptors (Lipinski definition) is 3. The lowest BCUT2D eigenvalue weighted by atomic mass is 10.0. The van der Waals surface area contributed by atoms with Crippen LogP contribution in [-0.4, -0.2) is 38.3 Å². The Labute approximate surface area is 186 Å². The Morgan fingerprint density at radius 3 is 2.35 bits per heavy atom. The van der Waals surface area contributed by atoms with Crippen LogP contribution in [0.4, 0.5) is 0 Å². The quantitative estimate of drug-likeness (QED) is 0.605. The van der Waals surface area contributed by atoms with Crippen molar-refractivity contribution >= 4 is 15.9 Å². The lowest BCUT2D eigenvalue weighted by molar-refractivity contribution is 0.0953. The molecular weight excluding hydrogens is 408 g/mol. The van der Waals surface area contributed by atoms with Crippen molar-refractivity contribution in [2.75, 3.05) is 19.6 Å². The molecule has 1 amide bonds. The Kier molecular flexibility index (Phi) is 7.89. The van der Waals surface area contributed by atoms with Crippen molar-refractivity contribution in [1.82, 2.24) is 9.62 Å². The molecule has 5 nitrogen and oxygen atoms in total. The fraction of sp³-hybridized carbons (Fsp3) is 0.480. The molecule has 6 heteroatoms. The largest absolute Gasteiger partial charge is 0.352 e. The number of rotatable bonds is 8. The van der Waals surface area contributed by atoms with Crippen molar-refractivity contribution in [3.63, 3.8) is 0 Å². The molecule has 31 heavy (non-hydrogen) atoms. The highest BCUT2D eigenvalue weighted by molar-refractivity contribution is 7.89. The van der Waals surface area contributed by atoms with Crippen LogP contribution in [-0.2, 0) is 16.4 Å². The van der Waals surface area contributed by atoms with Gasteiger partial charge in [0.05, 0.1) is 4.90 Å². The van der Waals surface area contributed by atoms with Gasteiger partial charge in [0.2, 0.25) is 10.0 Å². The molecule has 0 aliphatic carbocycles. The predicted octanol–water partition coefficient (Wildman–Crippen LogP) is 4.66. The van der Waals surface area contributed by atoms with Gasteiger partial charge in [-0.25, -0.2) is 8.42 Å². The first-order valence-electron chi connectivity index (χ1n) is 11.3. The summed E-state index contributed by atoms with van der Waals surface area (Å²) in [5.41, 5.74) is 3.64. The maximum absolute atomic E-state index is 13.1. The first kappa shape index (κ1) is 23.5. The minimum absolute atomic E-state index is 0.231. The molecule has 1 aliphatic rings. The van der Waals surface area contributed by atoms with E-state index in [1.807, 2.05) is 0 Å². The summed E-state index contributed by atoms with van der Waals surface area (Å²) in [4.78, 5) is 12.9. The maximum Gasteiger partial charge on any atom is 0.251 e. The van der Waals surface area contributed by atoms with Gasteiger partial charge in [-0.2, -0.15) is 4.31 Å². The third kappa shape index (κ3) is 5.95. The van der Waals surface area contributed by atoms with Gasteiger partial charge in [-0.1, -0.05) is 50.6 Å². The Balaban J connectivity index is 1.58. The molecule has 0 saturated carbocycles. The lowest BCUT2D eigenvalue weighted by Gasteiger charge is -2.26. The normalized spacial score (nSPS) is 15.2. The van der Waals surface area contributed by atoms with E-state index < -0.39 is 10.0 Å². The Morgan fingerprint density at radius 2 is 1.71 bits per heavy atom. The molecule has 0 unspecified atom stereocenters. The van der Waals surface area contributed by atoms with Crippen molar-refractivity contribution in [2.24, 2.45) is 0 Å². The molecule has 2 aromatic carbocycles. The summed E-state index contributed by atoms with van der Waals surface area (Å²) in [5.74, 6) is 0.289. The number of sulfonamides is 1. The third-order valence-corrected chi connectivity index (χ3v) is 8.00. The zero-order chi connectivity index (χ0) is 22.4. The average Bonchev–Trinajstić information content (AvgIpc) is 2.77. The fourth-order valence-electron chi connectivity index (χ4n) is 3.93. The van der Waals surface area contributed by atoms with E-state index >= 15 is 0 Å². The first-order valence-corrected chi connectivity index (χ1v) is 12.7. The molecule has 0 spiro atoms. The van der Waals surface area contributed by atoms with Crippen LogP contribution in [0.1, 0.15) is 72.5 Å². The van der Waals surface area contributed by atoms with Gasteiger partial charge in [0.15, 0.2) is 0 Å². The number of hydrogen-bond donors (Lipinski definition) is 1. The molecule has 168 valence electrons. The van der Waals surface area contributed by atoms with Gasteiger partial charge in [0, 0.05) is 25.2 Å². The summed E-state index contributed by atoms with van der Waals surface area (Å²) >= 11 is 0. The van der Waals surface area contributed by atoms with Crippen LogP contribution in [0.2, 0.25) is 0 Å². The second-order valence-corrected chi connectivity index (χ2v) is 10.6. The SMILES string of the molecule is Cc1ccc(C(=O)NCCCc2ccc(C(C)C)cc2)cc1S(=O)(=O)N1CCCCC1. The highest BCUT2D eigenvalue weighted by Crippen LogP contribution is 2.24. The second-order valence-electron chi connectivity index (χ2n) is 8.70. The molecule has 1 heterocycles. The van der Waals surface area contributed by atoms with E-state index in [9.17, 15) is 13.2 Å². The van der Waals surface area contributed by atoms with E-state index in [1.54, 1.807) is 23.4 Å². The van der Waals surface area contributed by atoms with Crippen molar-refractivity contribution in [2.45, 2.75) is 63.7 Å². The number of piperidine rings is 1. The summed E-state index contributed by atoms with van der Waals surface area (Å²) in [5, 5.41) is 2.93. The topological polar surface area (TPSA) is 66.5 Å². The van der Waals surface area contributed by atoms with Gasteiger partial charge in [0.1, 0.15) is 0 Å². The van der Waals surface area contributed by atoms with Gasteiger partial charge in [-0.15, -0.1) is 0 Å². The van der Waals surface area contributed by atoms with E-state index in [-0.39, 0.29) is 10.8 Å². The average molecular weight is 443 g/mol. The van der Waals surface area contributed by atoms with Gasteiger partial charge >= 0.3 is 0 Å². The van der Waals surface area contributed by atoms with Gasteiger partial charge < -0.3 is 5.32 Å². The van der Waals surface area contributed by atoms with E-state index in [0.717, 1.165) is 32.1 Å². The Morgan fingerprint density at radius 1 is 1.03 bits per heavy atom. The zero-order valence-corrected chi connectivity index (χ0v) is 19.7. The second kappa shape index (κ2) is 10.4. The molecule has 2 aromatic rings. The van der Waals surface area contributed by atoms with E-state index in [2.05, 4.69) is 43.4 Å². The number of carbonyl (C=O) groups is 1. The molecule has 0 bridgehead atoms. The summed E-state index contributed by atoms with van der Waals surface area (Å²) in [6.45, 7) is 7.79. The van der Waals surface area contributed by atoms with Crippen LogP contribution in [0.5, 0.6) is 0 Å². The number of nitrogens with zero attached hydrogens (tertiary/aromatic N) is 1. The molecule has 1 saturated heterocycles. The van der Waals surface area contributed by atoms with E-state index in [0.29, 0.717) is 36.7 Å². The third-order valence-electron chi connectivity index (χ3n) is 5.96. The van der Waals surface area contributed by atoms with Gasteiger partial charge in [-0.05, 0) is 67.3 Å². The zero-order valence-electron chi connectivity index (χ0n) is 18.9. The first-order chi connectivity index (χ1) is 14.8. The van der Waals surface area contributed by atoms with E-state index in [4.69, 9.17) is 0 Å². The highest BCUT2D eigenvalue weighted by Gasteiger charge is 2.28. The molecular formula is C25H34N2O3S. The smallest absolute Gasteiger partial charge is 0.251 e.